The molecule has 2 amide bonds. The van der Waals surface area contributed by atoms with Gasteiger partial charge in [0.05, 0.1) is 29.1 Å². The number of H-pyrrole nitrogens is 1. The van der Waals surface area contributed by atoms with Gasteiger partial charge in [0.25, 0.3) is 5.91 Å². The van der Waals surface area contributed by atoms with Crippen molar-refractivity contribution in [3.63, 3.8) is 0 Å². The molecule has 0 saturated carbocycles. The Hall–Kier alpha value is -3.66. The standard InChI is InChI=1S/C20H17N5O2/c21-10-13-4-1-6-16-18(13)15(12-23-16)19(26)24-17-7-3-9-25(20(17)27)14-5-2-8-22-11-14/h1-2,4-6,8,11-12,17,23H,3,7,9H2,(H,24,26). The molecule has 3 aromatic rings. The molecule has 134 valence electrons. The monoisotopic (exact) mass is 359 g/mol. The highest BCUT2D eigenvalue weighted by atomic mass is 16.2. The summed E-state index contributed by atoms with van der Waals surface area (Å²) in [5, 5.41) is 12.7. The number of carbonyl (C=O) groups excluding carboxylic acids is 2. The highest BCUT2D eigenvalue weighted by Crippen LogP contribution is 2.24. The van der Waals surface area contributed by atoms with Gasteiger partial charge in [0.1, 0.15) is 6.04 Å². The number of aromatic nitrogens is 2. The molecule has 1 aromatic carbocycles. The summed E-state index contributed by atoms with van der Waals surface area (Å²) in [5.74, 6) is -0.515. The van der Waals surface area contributed by atoms with Crippen molar-refractivity contribution < 1.29 is 9.59 Å². The van der Waals surface area contributed by atoms with Gasteiger partial charge in [-0.3, -0.25) is 14.6 Å². The number of nitrogens with zero attached hydrogens (tertiary/aromatic N) is 3. The number of rotatable bonds is 3. The molecule has 1 aliphatic rings. The Labute approximate surface area is 155 Å². The molecule has 0 aliphatic carbocycles. The van der Waals surface area contributed by atoms with Crippen molar-refractivity contribution in [2.75, 3.05) is 11.4 Å². The van der Waals surface area contributed by atoms with Crippen LogP contribution in [-0.2, 0) is 4.79 Å². The zero-order chi connectivity index (χ0) is 18.8. The number of anilines is 1. The molecule has 2 N–H and O–H groups in total. The number of fused-ring (bicyclic) bond motifs is 1. The molecule has 2 aromatic heterocycles. The van der Waals surface area contributed by atoms with E-state index in [2.05, 4.69) is 21.4 Å². The van der Waals surface area contributed by atoms with E-state index in [4.69, 9.17) is 0 Å². The van der Waals surface area contributed by atoms with Gasteiger partial charge >= 0.3 is 0 Å². The third-order valence-corrected chi connectivity index (χ3v) is 4.77. The highest BCUT2D eigenvalue weighted by molar-refractivity contribution is 6.10. The number of amides is 2. The predicted octanol–water partition coefficient (Wildman–Crippen LogP) is 2.36. The molecule has 1 saturated heterocycles. The van der Waals surface area contributed by atoms with Crippen molar-refractivity contribution >= 4 is 28.4 Å². The number of carbonyl (C=O) groups is 2. The number of hydrogen-bond donors (Lipinski definition) is 2. The van der Waals surface area contributed by atoms with E-state index in [1.165, 1.54) is 0 Å². The normalized spacial score (nSPS) is 16.9. The Balaban J connectivity index is 1.58. The van der Waals surface area contributed by atoms with Gasteiger partial charge in [-0.15, -0.1) is 0 Å². The van der Waals surface area contributed by atoms with Crippen molar-refractivity contribution in [1.29, 1.82) is 5.26 Å². The molecule has 27 heavy (non-hydrogen) atoms. The van der Waals surface area contributed by atoms with Crippen LogP contribution in [-0.4, -0.2) is 34.4 Å². The number of nitriles is 1. The van der Waals surface area contributed by atoms with Gasteiger partial charge in [-0.2, -0.15) is 5.26 Å². The fraction of sp³-hybridized carbons (Fsp3) is 0.200. The van der Waals surface area contributed by atoms with Crippen LogP contribution < -0.4 is 10.2 Å². The molecule has 0 bridgehead atoms. The summed E-state index contributed by atoms with van der Waals surface area (Å²) in [4.78, 5) is 34.4. The van der Waals surface area contributed by atoms with E-state index in [-0.39, 0.29) is 11.8 Å². The van der Waals surface area contributed by atoms with E-state index in [9.17, 15) is 14.9 Å². The summed E-state index contributed by atoms with van der Waals surface area (Å²) < 4.78 is 0. The van der Waals surface area contributed by atoms with Crippen molar-refractivity contribution in [2.45, 2.75) is 18.9 Å². The third-order valence-electron chi connectivity index (χ3n) is 4.77. The second-order valence-corrected chi connectivity index (χ2v) is 6.41. The number of benzene rings is 1. The Kier molecular flexibility index (Phi) is 4.30. The molecule has 7 heteroatoms. The second-order valence-electron chi connectivity index (χ2n) is 6.41. The van der Waals surface area contributed by atoms with Gasteiger partial charge in [-0.1, -0.05) is 6.07 Å². The molecule has 7 nitrogen and oxygen atoms in total. The summed E-state index contributed by atoms with van der Waals surface area (Å²) in [5.41, 5.74) is 2.23. The first-order valence-corrected chi connectivity index (χ1v) is 8.71. The van der Waals surface area contributed by atoms with Crippen LogP contribution in [0, 0.1) is 11.3 Å². The molecule has 4 rings (SSSR count). The van der Waals surface area contributed by atoms with Crippen molar-refractivity contribution in [3.05, 3.63) is 60.0 Å². The van der Waals surface area contributed by atoms with E-state index in [0.29, 0.717) is 35.0 Å². The number of piperidine rings is 1. The lowest BCUT2D eigenvalue weighted by molar-refractivity contribution is -0.121. The summed E-state index contributed by atoms with van der Waals surface area (Å²) in [6, 6.07) is 10.3. The molecular weight excluding hydrogens is 342 g/mol. The zero-order valence-corrected chi connectivity index (χ0v) is 14.5. The van der Waals surface area contributed by atoms with Gasteiger partial charge in [0.2, 0.25) is 5.91 Å². The Morgan fingerprint density at radius 3 is 3.00 bits per heavy atom. The van der Waals surface area contributed by atoms with E-state index >= 15 is 0 Å². The number of aromatic amines is 1. The maximum atomic E-state index is 12.8. The smallest absolute Gasteiger partial charge is 0.254 e. The lowest BCUT2D eigenvalue weighted by Crippen LogP contribution is -2.52. The van der Waals surface area contributed by atoms with Gasteiger partial charge < -0.3 is 15.2 Å². The molecule has 0 radical (unpaired) electrons. The molecule has 3 heterocycles. The van der Waals surface area contributed by atoms with Gasteiger partial charge in [-0.25, -0.2) is 0 Å². The minimum Gasteiger partial charge on any atom is -0.360 e. The highest BCUT2D eigenvalue weighted by Gasteiger charge is 2.31. The Morgan fingerprint density at radius 2 is 2.22 bits per heavy atom. The van der Waals surface area contributed by atoms with Crippen LogP contribution in [0.4, 0.5) is 5.69 Å². The minimum absolute atomic E-state index is 0.150. The van der Waals surface area contributed by atoms with Gasteiger partial charge in [-0.05, 0) is 37.1 Å². The van der Waals surface area contributed by atoms with Gasteiger partial charge in [0.15, 0.2) is 0 Å². The van der Waals surface area contributed by atoms with Crippen LogP contribution in [0.3, 0.4) is 0 Å². The molecule has 1 aliphatic heterocycles. The van der Waals surface area contributed by atoms with E-state index in [1.807, 2.05) is 12.1 Å². The summed E-state index contributed by atoms with van der Waals surface area (Å²) in [6.45, 7) is 0.600. The fourth-order valence-corrected chi connectivity index (χ4v) is 3.47. The topological polar surface area (TPSA) is 102 Å². The number of pyridine rings is 1. The maximum Gasteiger partial charge on any atom is 0.254 e. The van der Waals surface area contributed by atoms with E-state index in [0.717, 1.165) is 12.1 Å². The summed E-state index contributed by atoms with van der Waals surface area (Å²) >= 11 is 0. The first-order valence-electron chi connectivity index (χ1n) is 8.71. The summed E-state index contributed by atoms with van der Waals surface area (Å²) in [7, 11) is 0. The lowest BCUT2D eigenvalue weighted by Gasteiger charge is -2.32. The largest absolute Gasteiger partial charge is 0.360 e. The first-order chi connectivity index (χ1) is 13.2. The number of nitrogens with one attached hydrogen (secondary N) is 2. The van der Waals surface area contributed by atoms with Gasteiger partial charge in [0, 0.05) is 29.8 Å². The Bertz CT molecular complexity index is 1050. The van der Waals surface area contributed by atoms with Crippen LogP contribution in [0.1, 0.15) is 28.8 Å². The predicted molar refractivity (Wildman–Crippen MR) is 100 cm³/mol. The molecule has 0 spiro atoms. The van der Waals surface area contributed by atoms with Crippen LogP contribution in [0.2, 0.25) is 0 Å². The summed E-state index contributed by atoms with van der Waals surface area (Å²) in [6.07, 6.45) is 6.23. The fourth-order valence-electron chi connectivity index (χ4n) is 3.47. The van der Waals surface area contributed by atoms with Crippen LogP contribution in [0.25, 0.3) is 10.9 Å². The molecule has 1 unspecified atom stereocenters. The average Bonchev–Trinajstić information content (AvgIpc) is 3.14. The van der Waals surface area contributed by atoms with Crippen LogP contribution in [0.5, 0.6) is 0 Å². The lowest BCUT2D eigenvalue weighted by atomic mass is 10.0. The van der Waals surface area contributed by atoms with E-state index in [1.54, 1.807) is 41.7 Å². The molecule has 1 fully saturated rings. The third kappa shape index (κ3) is 3.02. The quantitative estimate of drug-likeness (QED) is 0.749. The average molecular weight is 359 g/mol. The van der Waals surface area contributed by atoms with Crippen molar-refractivity contribution in [3.8, 4) is 6.07 Å². The minimum atomic E-state index is -0.606. The first kappa shape index (κ1) is 16.8. The SMILES string of the molecule is N#Cc1cccc2[nH]cc(C(=O)NC3CCCN(c4cccnc4)C3=O)c12. The van der Waals surface area contributed by atoms with Crippen LogP contribution in [0.15, 0.2) is 48.9 Å². The second kappa shape index (κ2) is 6.92. The zero-order valence-electron chi connectivity index (χ0n) is 14.5. The van der Waals surface area contributed by atoms with Crippen molar-refractivity contribution in [1.82, 2.24) is 15.3 Å². The molecule has 1 atom stereocenters. The number of hydrogen-bond acceptors (Lipinski definition) is 4. The van der Waals surface area contributed by atoms with E-state index < -0.39 is 6.04 Å². The molecular formula is C20H17N5O2. The maximum absolute atomic E-state index is 12.8. The Morgan fingerprint density at radius 1 is 1.33 bits per heavy atom. The van der Waals surface area contributed by atoms with Crippen LogP contribution >= 0.6 is 0 Å². The van der Waals surface area contributed by atoms with Crippen molar-refractivity contribution in [2.24, 2.45) is 0 Å².